The van der Waals surface area contributed by atoms with Crippen LogP contribution in [-0.2, 0) is 4.74 Å². The quantitative estimate of drug-likeness (QED) is 0.864. The highest BCUT2D eigenvalue weighted by Gasteiger charge is 2.26. The summed E-state index contributed by atoms with van der Waals surface area (Å²) < 4.78 is 31.9. The Kier molecular flexibility index (Phi) is 4.54. The monoisotopic (exact) mass is 284 g/mol. The number of carbonyl (C=O) groups is 1. The maximum atomic E-state index is 13.7. The minimum Gasteiger partial charge on any atom is -0.396 e. The van der Waals surface area contributed by atoms with E-state index in [1.54, 1.807) is 12.0 Å². The van der Waals surface area contributed by atoms with Gasteiger partial charge in [-0.1, -0.05) is 0 Å². The van der Waals surface area contributed by atoms with Crippen LogP contribution in [0.25, 0.3) is 0 Å². The molecule has 6 heteroatoms. The van der Waals surface area contributed by atoms with Gasteiger partial charge >= 0.3 is 0 Å². The summed E-state index contributed by atoms with van der Waals surface area (Å²) in [5.74, 6) is -1.93. The third-order valence-corrected chi connectivity index (χ3v) is 3.53. The van der Waals surface area contributed by atoms with E-state index in [0.717, 1.165) is 18.9 Å². The largest absolute Gasteiger partial charge is 0.396 e. The van der Waals surface area contributed by atoms with Crippen molar-refractivity contribution in [3.63, 3.8) is 0 Å². The van der Waals surface area contributed by atoms with E-state index in [-0.39, 0.29) is 17.2 Å². The highest BCUT2D eigenvalue weighted by Crippen LogP contribution is 2.22. The zero-order valence-corrected chi connectivity index (χ0v) is 11.4. The van der Waals surface area contributed by atoms with E-state index in [1.165, 1.54) is 0 Å². The molecule has 1 heterocycles. The molecule has 0 saturated carbocycles. The molecule has 0 radical (unpaired) electrons. The number of rotatable bonds is 3. The summed E-state index contributed by atoms with van der Waals surface area (Å²) in [5.41, 5.74) is 5.00. The zero-order chi connectivity index (χ0) is 14.7. The number of amides is 1. The number of anilines is 1. The van der Waals surface area contributed by atoms with E-state index >= 15 is 0 Å². The molecule has 1 aromatic rings. The summed E-state index contributed by atoms with van der Waals surface area (Å²) in [4.78, 5) is 13.9. The van der Waals surface area contributed by atoms with Gasteiger partial charge in [-0.2, -0.15) is 0 Å². The molecule has 1 saturated heterocycles. The molecule has 1 amide bonds. The van der Waals surface area contributed by atoms with E-state index in [9.17, 15) is 13.6 Å². The maximum absolute atomic E-state index is 13.7. The van der Waals surface area contributed by atoms with Gasteiger partial charge in [0.25, 0.3) is 5.91 Å². The van der Waals surface area contributed by atoms with Crippen LogP contribution in [0.4, 0.5) is 14.5 Å². The molecular weight excluding hydrogens is 266 g/mol. The van der Waals surface area contributed by atoms with Gasteiger partial charge in [0.1, 0.15) is 11.6 Å². The molecule has 1 aromatic carbocycles. The number of ether oxygens (including phenoxy) is 1. The highest BCUT2D eigenvalue weighted by atomic mass is 19.1. The van der Waals surface area contributed by atoms with E-state index in [0.29, 0.717) is 25.8 Å². The Morgan fingerprint density at radius 1 is 1.45 bits per heavy atom. The standard InChI is InChI=1S/C14H18F2N2O2/c1-20-8-9-3-2-4-18(7-9)14(19)10-5-13(17)12(16)6-11(10)15/h5-6,9H,2-4,7-8,17H2,1H3. The predicted molar refractivity (Wildman–Crippen MR) is 71.3 cm³/mol. The molecule has 20 heavy (non-hydrogen) atoms. The Balaban J connectivity index is 2.16. The lowest BCUT2D eigenvalue weighted by atomic mass is 9.98. The van der Waals surface area contributed by atoms with Crippen LogP contribution in [-0.4, -0.2) is 37.6 Å². The number of hydrogen-bond donors (Lipinski definition) is 1. The van der Waals surface area contributed by atoms with Crippen LogP contribution >= 0.6 is 0 Å². The first kappa shape index (κ1) is 14.7. The van der Waals surface area contributed by atoms with Gasteiger partial charge in [0.05, 0.1) is 17.9 Å². The molecule has 2 rings (SSSR count). The van der Waals surface area contributed by atoms with Crippen LogP contribution in [0.2, 0.25) is 0 Å². The molecule has 2 N–H and O–H groups in total. The molecule has 1 aliphatic rings. The number of halogens is 2. The Bertz CT molecular complexity index is 506. The second kappa shape index (κ2) is 6.17. The summed E-state index contributed by atoms with van der Waals surface area (Å²) >= 11 is 0. The number of nitrogen functional groups attached to an aromatic ring is 1. The first-order chi connectivity index (χ1) is 9.52. The number of piperidine rings is 1. The number of benzene rings is 1. The Morgan fingerprint density at radius 3 is 2.90 bits per heavy atom. The number of nitrogens with two attached hydrogens (primary N) is 1. The van der Waals surface area contributed by atoms with Gasteiger partial charge in [0.2, 0.25) is 0 Å². The molecule has 1 fully saturated rings. The second-order valence-electron chi connectivity index (χ2n) is 5.07. The van der Waals surface area contributed by atoms with Crippen molar-refractivity contribution in [3.8, 4) is 0 Å². The van der Waals surface area contributed by atoms with Crippen LogP contribution in [0, 0.1) is 17.6 Å². The van der Waals surface area contributed by atoms with Crippen molar-refractivity contribution in [2.24, 2.45) is 5.92 Å². The van der Waals surface area contributed by atoms with Crippen molar-refractivity contribution in [1.29, 1.82) is 0 Å². The third-order valence-electron chi connectivity index (χ3n) is 3.53. The summed E-state index contributed by atoms with van der Waals surface area (Å²) in [6, 6.07) is 1.71. The van der Waals surface area contributed by atoms with Crippen LogP contribution in [0.15, 0.2) is 12.1 Å². The number of carbonyl (C=O) groups excluding carboxylic acids is 1. The van der Waals surface area contributed by atoms with Gasteiger partial charge < -0.3 is 15.4 Å². The molecule has 0 bridgehead atoms. The highest BCUT2D eigenvalue weighted by molar-refractivity contribution is 5.95. The summed E-state index contributed by atoms with van der Waals surface area (Å²) in [6.07, 6.45) is 1.82. The van der Waals surface area contributed by atoms with Crippen molar-refractivity contribution in [3.05, 3.63) is 29.3 Å². The number of hydrogen-bond acceptors (Lipinski definition) is 3. The van der Waals surface area contributed by atoms with E-state index < -0.39 is 17.5 Å². The van der Waals surface area contributed by atoms with Crippen molar-refractivity contribution >= 4 is 11.6 Å². The van der Waals surface area contributed by atoms with Gasteiger partial charge in [-0.25, -0.2) is 8.78 Å². The van der Waals surface area contributed by atoms with E-state index in [2.05, 4.69) is 0 Å². The minimum absolute atomic E-state index is 0.179. The molecule has 1 unspecified atom stereocenters. The first-order valence-electron chi connectivity index (χ1n) is 6.55. The Hall–Kier alpha value is -1.69. The smallest absolute Gasteiger partial charge is 0.256 e. The van der Waals surface area contributed by atoms with Crippen molar-refractivity contribution in [2.45, 2.75) is 12.8 Å². The first-order valence-corrected chi connectivity index (χ1v) is 6.55. The number of nitrogens with zero attached hydrogens (tertiary/aromatic N) is 1. The lowest BCUT2D eigenvalue weighted by Gasteiger charge is -2.32. The Labute approximate surface area is 116 Å². The molecule has 110 valence electrons. The number of likely N-dealkylation sites (tertiary alicyclic amines) is 1. The van der Waals surface area contributed by atoms with Crippen molar-refractivity contribution in [1.82, 2.24) is 4.90 Å². The van der Waals surface area contributed by atoms with Gasteiger partial charge in [-0.3, -0.25) is 4.79 Å². The topological polar surface area (TPSA) is 55.6 Å². The van der Waals surface area contributed by atoms with Crippen LogP contribution < -0.4 is 5.73 Å². The normalized spacial score (nSPS) is 19.1. The van der Waals surface area contributed by atoms with Gasteiger partial charge in [-0.15, -0.1) is 0 Å². The molecule has 0 aromatic heterocycles. The van der Waals surface area contributed by atoms with E-state index in [1.807, 2.05) is 0 Å². The third kappa shape index (κ3) is 3.07. The molecular formula is C14H18F2N2O2. The fourth-order valence-corrected chi connectivity index (χ4v) is 2.52. The van der Waals surface area contributed by atoms with Crippen LogP contribution in [0.3, 0.4) is 0 Å². The van der Waals surface area contributed by atoms with Gasteiger partial charge in [-0.05, 0) is 24.8 Å². The SMILES string of the molecule is COCC1CCCN(C(=O)c2cc(N)c(F)cc2F)C1. The zero-order valence-electron chi connectivity index (χ0n) is 11.4. The lowest BCUT2D eigenvalue weighted by molar-refractivity contribution is 0.0567. The lowest BCUT2D eigenvalue weighted by Crippen LogP contribution is -2.41. The summed E-state index contributed by atoms with van der Waals surface area (Å²) in [6.45, 7) is 1.65. The van der Waals surface area contributed by atoms with Gasteiger partial charge in [0, 0.05) is 26.3 Å². The fourth-order valence-electron chi connectivity index (χ4n) is 2.52. The second-order valence-corrected chi connectivity index (χ2v) is 5.07. The van der Waals surface area contributed by atoms with E-state index in [4.69, 9.17) is 10.5 Å². The maximum Gasteiger partial charge on any atom is 0.256 e. The molecule has 4 nitrogen and oxygen atoms in total. The van der Waals surface area contributed by atoms with Crippen LogP contribution in [0.5, 0.6) is 0 Å². The molecule has 1 atom stereocenters. The predicted octanol–water partition coefficient (Wildman–Crippen LogP) is 2.05. The van der Waals surface area contributed by atoms with Crippen LogP contribution in [0.1, 0.15) is 23.2 Å². The summed E-state index contributed by atoms with van der Waals surface area (Å²) in [5, 5.41) is 0. The average Bonchev–Trinajstić information content (AvgIpc) is 2.43. The average molecular weight is 284 g/mol. The fraction of sp³-hybridized carbons (Fsp3) is 0.500. The summed E-state index contributed by atoms with van der Waals surface area (Å²) in [7, 11) is 1.61. The molecule has 1 aliphatic heterocycles. The van der Waals surface area contributed by atoms with Gasteiger partial charge in [0.15, 0.2) is 0 Å². The van der Waals surface area contributed by atoms with Crippen molar-refractivity contribution < 1.29 is 18.3 Å². The minimum atomic E-state index is -0.879. The number of methoxy groups -OCH3 is 1. The van der Waals surface area contributed by atoms with Crippen molar-refractivity contribution in [2.75, 3.05) is 32.5 Å². The Morgan fingerprint density at radius 2 is 2.20 bits per heavy atom. The molecule has 0 aliphatic carbocycles. The molecule has 0 spiro atoms.